The van der Waals surface area contributed by atoms with Gasteiger partial charge >= 0.3 is 0 Å². The van der Waals surface area contributed by atoms with Crippen LogP contribution in [0.25, 0.3) is 11.3 Å². The molecular formula is C24H28N6O3S. The van der Waals surface area contributed by atoms with Crippen LogP contribution in [0.2, 0.25) is 0 Å². The summed E-state index contributed by atoms with van der Waals surface area (Å²) in [7, 11) is 0. The molecule has 1 saturated carbocycles. The van der Waals surface area contributed by atoms with Gasteiger partial charge in [-0.25, -0.2) is 15.0 Å². The summed E-state index contributed by atoms with van der Waals surface area (Å²) >= 11 is 0. The van der Waals surface area contributed by atoms with Gasteiger partial charge in [-0.3, -0.25) is 9.78 Å². The molecule has 2 aliphatic rings. The van der Waals surface area contributed by atoms with Gasteiger partial charge in [0, 0.05) is 54.8 Å². The zero-order valence-corrected chi connectivity index (χ0v) is 20.0. The molecule has 5 rings (SSSR count). The molecule has 10 heteroatoms. The van der Waals surface area contributed by atoms with Crippen molar-refractivity contribution in [3.05, 3.63) is 54.2 Å². The standard InChI is InChI=1S/C24H26N6O3.H2S/c1-15(19-4-5-26-24-22(19)32-6-7-33-24)10-27-21-9-20(29-14-30-21)17-8-18(13-25-12-17)23(31)28-11-16-2-3-16;/h4-5,8-9,12-16H,2-3,6-7,10-11H2,1H3,(H,28,31)(H,27,29,30);1H2/t15-;/m1./s1. The molecule has 0 spiro atoms. The lowest BCUT2D eigenvalue weighted by Crippen LogP contribution is -2.25. The fraction of sp³-hybridized carbons (Fsp3) is 0.375. The minimum atomic E-state index is -0.107. The van der Waals surface area contributed by atoms with Crippen LogP contribution in [-0.4, -0.2) is 52.1 Å². The molecule has 0 radical (unpaired) electrons. The Kier molecular flexibility index (Phi) is 7.46. The molecule has 1 atom stereocenters. The van der Waals surface area contributed by atoms with Crippen molar-refractivity contribution in [2.75, 3.05) is 31.6 Å². The van der Waals surface area contributed by atoms with Gasteiger partial charge in [-0.2, -0.15) is 13.5 Å². The van der Waals surface area contributed by atoms with Crippen LogP contribution < -0.4 is 20.1 Å². The number of anilines is 1. The van der Waals surface area contributed by atoms with Gasteiger partial charge in [0.05, 0.1) is 11.3 Å². The molecule has 3 aromatic rings. The van der Waals surface area contributed by atoms with E-state index in [9.17, 15) is 4.79 Å². The Balaban J connectivity index is 0.00000274. The van der Waals surface area contributed by atoms with Gasteiger partial charge in [-0.05, 0) is 30.9 Å². The smallest absolute Gasteiger partial charge is 0.257 e. The van der Waals surface area contributed by atoms with Gasteiger partial charge in [0.15, 0.2) is 5.75 Å². The van der Waals surface area contributed by atoms with E-state index < -0.39 is 0 Å². The van der Waals surface area contributed by atoms with Crippen LogP contribution in [0.4, 0.5) is 5.82 Å². The molecular weight excluding hydrogens is 452 g/mol. The lowest BCUT2D eigenvalue weighted by molar-refractivity contribution is 0.0951. The molecule has 0 saturated heterocycles. The van der Waals surface area contributed by atoms with E-state index in [0.717, 1.165) is 17.7 Å². The number of amides is 1. The Hall–Kier alpha value is -3.40. The summed E-state index contributed by atoms with van der Waals surface area (Å²) in [6.07, 6.45) is 8.91. The molecule has 0 unspecified atom stereocenters. The second kappa shape index (κ2) is 10.7. The minimum absolute atomic E-state index is 0. The maximum absolute atomic E-state index is 12.4. The molecule has 178 valence electrons. The lowest BCUT2D eigenvalue weighted by Gasteiger charge is -2.22. The van der Waals surface area contributed by atoms with Crippen LogP contribution in [0.5, 0.6) is 11.6 Å². The first-order valence-corrected chi connectivity index (χ1v) is 11.2. The Morgan fingerprint density at radius 2 is 2.00 bits per heavy atom. The van der Waals surface area contributed by atoms with Crippen molar-refractivity contribution in [1.29, 1.82) is 0 Å². The maximum Gasteiger partial charge on any atom is 0.257 e. The van der Waals surface area contributed by atoms with Crippen molar-refractivity contribution in [3.8, 4) is 22.9 Å². The number of aromatic nitrogens is 4. The van der Waals surface area contributed by atoms with E-state index in [1.54, 1.807) is 18.6 Å². The normalized spacial score (nSPS) is 15.1. The predicted octanol–water partition coefficient (Wildman–Crippen LogP) is 3.17. The molecule has 0 aromatic carbocycles. The fourth-order valence-electron chi connectivity index (χ4n) is 3.71. The molecule has 4 heterocycles. The Morgan fingerprint density at radius 3 is 2.85 bits per heavy atom. The molecule has 0 bridgehead atoms. The van der Waals surface area contributed by atoms with Crippen LogP contribution in [0.1, 0.15) is 41.6 Å². The molecule has 2 N–H and O–H groups in total. The Bertz CT molecular complexity index is 1160. The number of nitrogens with zero attached hydrogens (tertiary/aromatic N) is 4. The van der Waals surface area contributed by atoms with E-state index in [1.807, 2.05) is 18.2 Å². The summed E-state index contributed by atoms with van der Waals surface area (Å²) in [5, 5.41) is 6.34. The van der Waals surface area contributed by atoms with Gasteiger partial charge in [0.25, 0.3) is 11.8 Å². The van der Waals surface area contributed by atoms with E-state index in [-0.39, 0.29) is 25.3 Å². The quantitative estimate of drug-likeness (QED) is 0.506. The number of rotatable bonds is 8. The average molecular weight is 481 g/mol. The van der Waals surface area contributed by atoms with Crippen molar-refractivity contribution >= 4 is 25.2 Å². The van der Waals surface area contributed by atoms with E-state index in [4.69, 9.17) is 9.47 Å². The van der Waals surface area contributed by atoms with E-state index in [2.05, 4.69) is 37.5 Å². The van der Waals surface area contributed by atoms with Crippen LogP contribution in [0.15, 0.2) is 43.1 Å². The average Bonchev–Trinajstić information content (AvgIpc) is 3.70. The molecule has 1 aliphatic heterocycles. The Labute approximate surface area is 205 Å². The Morgan fingerprint density at radius 1 is 1.15 bits per heavy atom. The molecule has 34 heavy (non-hydrogen) atoms. The van der Waals surface area contributed by atoms with E-state index >= 15 is 0 Å². The summed E-state index contributed by atoms with van der Waals surface area (Å²) in [6.45, 7) is 4.50. The van der Waals surface area contributed by atoms with Crippen LogP contribution in [-0.2, 0) is 0 Å². The number of hydrogen-bond acceptors (Lipinski definition) is 8. The predicted molar refractivity (Wildman–Crippen MR) is 133 cm³/mol. The second-order valence-corrected chi connectivity index (χ2v) is 8.42. The molecule has 1 amide bonds. The van der Waals surface area contributed by atoms with Crippen molar-refractivity contribution < 1.29 is 14.3 Å². The first kappa shape index (κ1) is 23.7. The lowest BCUT2D eigenvalue weighted by atomic mass is 10.0. The molecule has 9 nitrogen and oxygen atoms in total. The van der Waals surface area contributed by atoms with Gasteiger partial charge in [-0.15, -0.1) is 0 Å². The molecule has 1 aliphatic carbocycles. The topological polar surface area (TPSA) is 111 Å². The third-order valence-corrected chi connectivity index (χ3v) is 5.80. The molecule has 1 fully saturated rings. The summed E-state index contributed by atoms with van der Waals surface area (Å²) < 4.78 is 11.4. The number of pyridine rings is 2. The summed E-state index contributed by atoms with van der Waals surface area (Å²) in [5.74, 6) is 2.61. The van der Waals surface area contributed by atoms with Crippen molar-refractivity contribution in [2.24, 2.45) is 5.92 Å². The fourth-order valence-corrected chi connectivity index (χ4v) is 3.71. The number of fused-ring (bicyclic) bond motifs is 1. The monoisotopic (exact) mass is 480 g/mol. The first-order chi connectivity index (χ1) is 16.2. The maximum atomic E-state index is 12.4. The molecule has 3 aromatic heterocycles. The highest BCUT2D eigenvalue weighted by Crippen LogP contribution is 2.35. The number of nitrogens with one attached hydrogen (secondary N) is 2. The zero-order valence-electron chi connectivity index (χ0n) is 19.0. The van der Waals surface area contributed by atoms with Gasteiger partial charge in [-0.1, -0.05) is 6.92 Å². The van der Waals surface area contributed by atoms with Crippen molar-refractivity contribution in [1.82, 2.24) is 25.3 Å². The first-order valence-electron chi connectivity index (χ1n) is 11.2. The highest BCUT2D eigenvalue weighted by atomic mass is 32.1. The number of carbonyl (C=O) groups is 1. The van der Waals surface area contributed by atoms with Crippen LogP contribution in [0, 0.1) is 5.92 Å². The largest absolute Gasteiger partial charge is 0.484 e. The van der Waals surface area contributed by atoms with Crippen molar-refractivity contribution in [2.45, 2.75) is 25.7 Å². The van der Waals surface area contributed by atoms with Crippen LogP contribution >= 0.6 is 13.5 Å². The summed E-state index contributed by atoms with van der Waals surface area (Å²) in [5.41, 5.74) is 3.03. The number of carbonyl (C=O) groups excluding carboxylic acids is 1. The summed E-state index contributed by atoms with van der Waals surface area (Å²) in [6, 6.07) is 5.62. The zero-order chi connectivity index (χ0) is 22.6. The summed E-state index contributed by atoms with van der Waals surface area (Å²) in [4.78, 5) is 29.6. The van der Waals surface area contributed by atoms with E-state index in [1.165, 1.54) is 19.2 Å². The van der Waals surface area contributed by atoms with Gasteiger partial charge < -0.3 is 20.1 Å². The third-order valence-electron chi connectivity index (χ3n) is 5.80. The van der Waals surface area contributed by atoms with Crippen LogP contribution in [0.3, 0.4) is 0 Å². The minimum Gasteiger partial charge on any atom is -0.484 e. The number of ether oxygens (including phenoxy) is 2. The van der Waals surface area contributed by atoms with E-state index in [0.29, 0.717) is 54.4 Å². The second-order valence-electron chi connectivity index (χ2n) is 8.42. The SMILES string of the molecule is C[C@H](CNc1cc(-c2cncc(C(=O)NCC3CC3)c2)ncn1)c1ccnc2c1OCCO2.S. The van der Waals surface area contributed by atoms with Gasteiger partial charge in [0.2, 0.25) is 0 Å². The highest BCUT2D eigenvalue weighted by Gasteiger charge is 2.22. The number of hydrogen-bond donors (Lipinski definition) is 2. The highest BCUT2D eigenvalue weighted by molar-refractivity contribution is 7.59. The van der Waals surface area contributed by atoms with Crippen molar-refractivity contribution in [3.63, 3.8) is 0 Å². The third kappa shape index (κ3) is 5.56. The van der Waals surface area contributed by atoms with Gasteiger partial charge in [0.1, 0.15) is 25.4 Å².